The Kier molecular flexibility index (Phi) is 15.5. The van der Waals surface area contributed by atoms with Crippen LogP contribution in [0.25, 0.3) is 0 Å². The molecule has 0 saturated heterocycles. The summed E-state index contributed by atoms with van der Waals surface area (Å²) in [6.07, 6.45) is 16.8. The van der Waals surface area contributed by atoms with Crippen molar-refractivity contribution in [2.24, 2.45) is 0 Å². The van der Waals surface area contributed by atoms with Gasteiger partial charge in [-0.1, -0.05) is 63.9 Å². The highest BCUT2D eigenvalue weighted by Gasteiger charge is 1.96. The van der Waals surface area contributed by atoms with E-state index in [1.165, 1.54) is 77.0 Å². The molecule has 0 spiro atoms. The van der Waals surface area contributed by atoms with Crippen LogP contribution in [0.2, 0.25) is 0 Å². The van der Waals surface area contributed by atoms with E-state index >= 15 is 0 Å². The molecule has 3 heteroatoms. The predicted octanol–water partition coefficient (Wildman–Crippen LogP) is 7.02. The van der Waals surface area contributed by atoms with Crippen LogP contribution in [0.4, 0.5) is 0 Å². The van der Waals surface area contributed by atoms with E-state index in [1.807, 2.05) is 11.3 Å². The first-order valence-corrected chi connectivity index (χ1v) is 11.4. The van der Waals surface area contributed by atoms with Crippen molar-refractivity contribution < 1.29 is 9.47 Å². The standard InChI is InChI=1S/C22H40O2S/c1-21(2)24-19-18-23-17-13-11-9-7-5-3-4-6-8-10-12-15-22-16-14-20-25-22/h14,16,20-21H,3-13,15,17-19H2,1-2H3. The normalized spacial score (nSPS) is 11.5. The quantitative estimate of drug-likeness (QED) is 0.259. The fourth-order valence-corrected chi connectivity index (χ4v) is 3.75. The van der Waals surface area contributed by atoms with Crippen LogP contribution in [0.5, 0.6) is 0 Å². The van der Waals surface area contributed by atoms with E-state index in [1.54, 1.807) is 4.88 Å². The van der Waals surface area contributed by atoms with Gasteiger partial charge < -0.3 is 9.47 Å². The van der Waals surface area contributed by atoms with E-state index in [-0.39, 0.29) is 0 Å². The van der Waals surface area contributed by atoms with E-state index in [0.29, 0.717) is 6.10 Å². The Labute approximate surface area is 160 Å². The molecule has 0 aromatic carbocycles. The molecule has 0 atom stereocenters. The van der Waals surface area contributed by atoms with Crippen LogP contribution in [-0.2, 0) is 15.9 Å². The fourth-order valence-electron chi connectivity index (χ4n) is 2.99. The summed E-state index contributed by atoms with van der Waals surface area (Å²) in [5.74, 6) is 0. The van der Waals surface area contributed by atoms with Gasteiger partial charge in [-0.25, -0.2) is 0 Å². The first-order valence-electron chi connectivity index (χ1n) is 10.5. The molecule has 25 heavy (non-hydrogen) atoms. The summed E-state index contributed by atoms with van der Waals surface area (Å²) in [5.41, 5.74) is 0. The zero-order valence-electron chi connectivity index (χ0n) is 16.6. The second-order valence-corrected chi connectivity index (χ2v) is 8.28. The maximum absolute atomic E-state index is 5.58. The lowest BCUT2D eigenvalue weighted by Gasteiger charge is -2.08. The Morgan fingerprint density at radius 1 is 0.760 bits per heavy atom. The first-order chi connectivity index (χ1) is 12.3. The zero-order chi connectivity index (χ0) is 18.0. The third-order valence-corrected chi connectivity index (χ3v) is 5.41. The van der Waals surface area contributed by atoms with E-state index in [2.05, 4.69) is 31.4 Å². The van der Waals surface area contributed by atoms with Gasteiger partial charge in [0, 0.05) is 11.5 Å². The van der Waals surface area contributed by atoms with Crippen molar-refractivity contribution in [3.05, 3.63) is 22.4 Å². The van der Waals surface area contributed by atoms with Gasteiger partial charge in [0.2, 0.25) is 0 Å². The second-order valence-electron chi connectivity index (χ2n) is 7.25. The maximum Gasteiger partial charge on any atom is 0.0703 e. The van der Waals surface area contributed by atoms with Crippen molar-refractivity contribution in [3.63, 3.8) is 0 Å². The number of thiophene rings is 1. The topological polar surface area (TPSA) is 18.5 Å². The van der Waals surface area contributed by atoms with Crippen LogP contribution >= 0.6 is 11.3 Å². The van der Waals surface area contributed by atoms with Gasteiger partial charge in [-0.2, -0.15) is 0 Å². The van der Waals surface area contributed by atoms with Crippen molar-refractivity contribution in [3.8, 4) is 0 Å². The molecule has 0 bridgehead atoms. The molecular formula is C22H40O2S. The largest absolute Gasteiger partial charge is 0.379 e. The van der Waals surface area contributed by atoms with Gasteiger partial charge in [-0.05, 0) is 44.6 Å². The Hall–Kier alpha value is -0.380. The Balaban J connectivity index is 1.67. The molecule has 0 unspecified atom stereocenters. The summed E-state index contributed by atoms with van der Waals surface area (Å²) in [7, 11) is 0. The maximum atomic E-state index is 5.58. The van der Waals surface area contributed by atoms with Crippen molar-refractivity contribution in [1.29, 1.82) is 0 Å². The molecule has 1 rings (SSSR count). The highest BCUT2D eigenvalue weighted by molar-refractivity contribution is 7.09. The fraction of sp³-hybridized carbons (Fsp3) is 0.818. The third kappa shape index (κ3) is 15.6. The molecule has 0 amide bonds. The second kappa shape index (κ2) is 17.1. The van der Waals surface area contributed by atoms with Gasteiger partial charge in [-0.15, -0.1) is 11.3 Å². The third-order valence-electron chi connectivity index (χ3n) is 4.47. The van der Waals surface area contributed by atoms with Crippen LogP contribution in [0.3, 0.4) is 0 Å². The minimum atomic E-state index is 0.315. The van der Waals surface area contributed by atoms with Crippen molar-refractivity contribution in [2.75, 3.05) is 19.8 Å². The molecule has 146 valence electrons. The molecule has 0 N–H and O–H groups in total. The number of rotatable bonds is 18. The first kappa shape index (κ1) is 22.7. The van der Waals surface area contributed by atoms with Gasteiger partial charge in [0.15, 0.2) is 0 Å². The lowest BCUT2D eigenvalue weighted by molar-refractivity contribution is 0.0186. The zero-order valence-corrected chi connectivity index (χ0v) is 17.5. The minimum Gasteiger partial charge on any atom is -0.379 e. The SMILES string of the molecule is CC(C)OCCOCCCCCCCCCCCCCc1cccs1. The lowest BCUT2D eigenvalue weighted by atomic mass is 10.1. The van der Waals surface area contributed by atoms with Crippen LogP contribution < -0.4 is 0 Å². The summed E-state index contributed by atoms with van der Waals surface area (Å²) in [6, 6.07) is 4.42. The minimum absolute atomic E-state index is 0.315. The molecule has 0 saturated carbocycles. The number of ether oxygens (including phenoxy) is 2. The molecule has 1 aromatic rings. The average Bonchev–Trinajstić information content (AvgIpc) is 3.11. The lowest BCUT2D eigenvalue weighted by Crippen LogP contribution is -2.10. The van der Waals surface area contributed by atoms with Crippen molar-refractivity contribution in [2.45, 2.75) is 97.0 Å². The van der Waals surface area contributed by atoms with E-state index in [4.69, 9.17) is 9.47 Å². The summed E-state index contributed by atoms with van der Waals surface area (Å²) in [6.45, 7) is 6.49. The Bertz CT molecular complexity index is 362. The van der Waals surface area contributed by atoms with E-state index in [0.717, 1.165) is 19.8 Å². The van der Waals surface area contributed by atoms with Crippen LogP contribution in [0.1, 0.15) is 89.4 Å². The molecular weight excluding hydrogens is 328 g/mol. The molecule has 1 heterocycles. The Morgan fingerprint density at radius 2 is 1.36 bits per heavy atom. The summed E-state index contributed by atoms with van der Waals surface area (Å²) >= 11 is 1.90. The summed E-state index contributed by atoms with van der Waals surface area (Å²) in [4.78, 5) is 1.55. The smallest absolute Gasteiger partial charge is 0.0703 e. The van der Waals surface area contributed by atoms with E-state index in [9.17, 15) is 0 Å². The van der Waals surface area contributed by atoms with Gasteiger partial charge in [0.05, 0.1) is 19.3 Å². The molecule has 0 aliphatic heterocycles. The van der Waals surface area contributed by atoms with Gasteiger partial charge in [0.1, 0.15) is 0 Å². The van der Waals surface area contributed by atoms with Crippen molar-refractivity contribution >= 4 is 11.3 Å². The predicted molar refractivity (Wildman–Crippen MR) is 111 cm³/mol. The van der Waals surface area contributed by atoms with E-state index < -0.39 is 0 Å². The van der Waals surface area contributed by atoms with Crippen LogP contribution in [0, 0.1) is 0 Å². The number of hydrogen-bond acceptors (Lipinski definition) is 3. The molecule has 0 radical (unpaired) electrons. The Morgan fingerprint density at radius 3 is 1.92 bits per heavy atom. The highest BCUT2D eigenvalue weighted by Crippen LogP contribution is 2.15. The van der Waals surface area contributed by atoms with Crippen LogP contribution in [-0.4, -0.2) is 25.9 Å². The van der Waals surface area contributed by atoms with Gasteiger partial charge in [-0.3, -0.25) is 0 Å². The monoisotopic (exact) mass is 368 g/mol. The molecule has 2 nitrogen and oxygen atoms in total. The van der Waals surface area contributed by atoms with Gasteiger partial charge >= 0.3 is 0 Å². The summed E-state index contributed by atoms with van der Waals surface area (Å²) in [5, 5.41) is 2.19. The molecule has 1 aromatic heterocycles. The number of unbranched alkanes of at least 4 members (excludes halogenated alkanes) is 10. The number of aryl methyl sites for hydroxylation is 1. The number of hydrogen-bond donors (Lipinski definition) is 0. The van der Waals surface area contributed by atoms with Gasteiger partial charge in [0.25, 0.3) is 0 Å². The molecule has 0 aliphatic rings. The van der Waals surface area contributed by atoms with Crippen molar-refractivity contribution in [1.82, 2.24) is 0 Å². The molecule has 0 aliphatic carbocycles. The average molecular weight is 369 g/mol. The van der Waals surface area contributed by atoms with Crippen LogP contribution in [0.15, 0.2) is 17.5 Å². The molecule has 0 fully saturated rings. The highest BCUT2D eigenvalue weighted by atomic mass is 32.1. The summed E-state index contributed by atoms with van der Waals surface area (Å²) < 4.78 is 11.0.